The van der Waals surface area contributed by atoms with E-state index < -0.39 is 10.8 Å². The van der Waals surface area contributed by atoms with Crippen LogP contribution >= 0.6 is 0 Å². The molecule has 4 heteroatoms. The molecular formula is C60H50N4. The Morgan fingerprint density at radius 2 is 0.516 bits per heavy atom. The van der Waals surface area contributed by atoms with Crippen LogP contribution in [-0.2, 0) is 0 Å². The molecule has 0 saturated carbocycles. The highest BCUT2D eigenvalue weighted by Gasteiger charge is 2.54. The Morgan fingerprint density at radius 1 is 0.281 bits per heavy atom. The van der Waals surface area contributed by atoms with E-state index >= 15 is 0 Å². The molecule has 8 aromatic rings. The molecule has 0 atom stereocenters. The number of aliphatic imine (C=N–C) groups is 2. The number of para-hydroxylation sites is 6. The van der Waals surface area contributed by atoms with Gasteiger partial charge in [-0.25, -0.2) is 0 Å². The Kier molecular flexibility index (Phi) is 10.6. The summed E-state index contributed by atoms with van der Waals surface area (Å²) in [5.41, 5.74) is 16.6. The molecule has 2 aliphatic carbocycles. The Balaban J connectivity index is 1.19. The maximum absolute atomic E-state index is 5.61. The van der Waals surface area contributed by atoms with Crippen molar-refractivity contribution in [3.8, 4) is 0 Å². The number of allylic oxidation sites excluding steroid dienone is 4. The van der Waals surface area contributed by atoms with Crippen LogP contribution in [0.5, 0.6) is 0 Å². The first-order chi connectivity index (χ1) is 31.3. The number of anilines is 6. The van der Waals surface area contributed by atoms with Gasteiger partial charge in [0.05, 0.1) is 22.8 Å². The maximum atomic E-state index is 5.61. The van der Waals surface area contributed by atoms with Gasteiger partial charge in [0, 0.05) is 56.1 Å². The standard InChI is InChI=1S/C60H50N4/c1-59(2)55(43-35-39-51(40-36-43)63(47-27-15-7-16-28-47)48-29-17-8-18-30-48)53-54(57(59)61-45-23-11-5-12-24-45)56(60(3,4)58(53)62-46-25-13-6-14-26-46)44-37-41-52(42-38-44)64(49-31-19-9-20-32-49)50-33-21-10-22-34-50/h5-42H,1-4H3/b61-57-,62-58-. The lowest BCUT2D eigenvalue weighted by Gasteiger charge is -2.31. The van der Waals surface area contributed by atoms with Crippen LogP contribution in [-0.4, -0.2) is 11.4 Å². The van der Waals surface area contributed by atoms with Crippen molar-refractivity contribution < 1.29 is 0 Å². The van der Waals surface area contributed by atoms with Gasteiger partial charge in [-0.15, -0.1) is 0 Å². The van der Waals surface area contributed by atoms with Crippen LogP contribution in [0.25, 0.3) is 11.1 Å². The van der Waals surface area contributed by atoms with Crippen molar-refractivity contribution in [3.63, 3.8) is 0 Å². The van der Waals surface area contributed by atoms with Crippen LogP contribution in [0.15, 0.2) is 252 Å². The second-order valence-corrected chi connectivity index (χ2v) is 17.4. The van der Waals surface area contributed by atoms with Crippen LogP contribution in [0, 0.1) is 10.8 Å². The summed E-state index contributed by atoms with van der Waals surface area (Å²) in [5, 5.41) is 0. The van der Waals surface area contributed by atoms with Crippen molar-refractivity contribution in [1.29, 1.82) is 0 Å². The number of hydrogen-bond donors (Lipinski definition) is 0. The van der Waals surface area contributed by atoms with Gasteiger partial charge in [-0.3, -0.25) is 9.98 Å². The van der Waals surface area contributed by atoms with Gasteiger partial charge in [-0.2, -0.15) is 0 Å². The van der Waals surface area contributed by atoms with Gasteiger partial charge in [0.25, 0.3) is 0 Å². The Bertz CT molecular complexity index is 2730. The molecule has 0 aromatic heterocycles. The van der Waals surface area contributed by atoms with E-state index in [1.54, 1.807) is 0 Å². The monoisotopic (exact) mass is 826 g/mol. The molecule has 0 unspecified atom stereocenters. The first-order valence-electron chi connectivity index (χ1n) is 22.1. The van der Waals surface area contributed by atoms with E-state index in [4.69, 9.17) is 9.98 Å². The van der Waals surface area contributed by atoms with Crippen molar-refractivity contribution >= 4 is 68.1 Å². The maximum Gasteiger partial charge on any atom is 0.0633 e. The first kappa shape index (κ1) is 40.3. The van der Waals surface area contributed by atoms with Crippen LogP contribution in [0.4, 0.5) is 45.5 Å². The quantitative estimate of drug-likeness (QED) is 0.138. The molecule has 0 bridgehead atoms. The molecule has 0 spiro atoms. The molecule has 0 radical (unpaired) electrons. The van der Waals surface area contributed by atoms with Gasteiger partial charge < -0.3 is 9.80 Å². The van der Waals surface area contributed by atoms with Gasteiger partial charge in [0.2, 0.25) is 0 Å². The van der Waals surface area contributed by atoms with Crippen molar-refractivity contribution in [2.24, 2.45) is 20.8 Å². The highest BCUT2D eigenvalue weighted by Crippen LogP contribution is 2.61. The van der Waals surface area contributed by atoms with E-state index in [1.807, 2.05) is 0 Å². The average molecular weight is 827 g/mol. The molecule has 10 rings (SSSR count). The largest absolute Gasteiger partial charge is 0.311 e. The summed E-state index contributed by atoms with van der Waals surface area (Å²) in [6.45, 7) is 9.34. The van der Waals surface area contributed by atoms with Crippen molar-refractivity contribution in [2.45, 2.75) is 27.7 Å². The SMILES string of the molecule is CC1(C)C(c2ccc(N(c3ccccc3)c3ccccc3)cc2)=C2C(=C(c3ccc(N(c4ccccc4)c4ccccc4)cc3)C(C)(C)/C2=N\c2ccccc2)/C1=N/c1ccccc1. The second-order valence-electron chi connectivity index (χ2n) is 17.4. The number of benzene rings is 8. The van der Waals surface area contributed by atoms with Gasteiger partial charge in [0.15, 0.2) is 0 Å². The summed E-state index contributed by atoms with van der Waals surface area (Å²) in [7, 11) is 0. The highest BCUT2D eigenvalue weighted by molar-refractivity contribution is 6.40. The molecule has 0 amide bonds. The van der Waals surface area contributed by atoms with E-state index in [0.29, 0.717) is 0 Å². The molecule has 8 aromatic carbocycles. The van der Waals surface area contributed by atoms with Crippen LogP contribution in [0.2, 0.25) is 0 Å². The zero-order valence-electron chi connectivity index (χ0n) is 36.7. The molecule has 0 fully saturated rings. The molecule has 0 saturated heterocycles. The third-order valence-electron chi connectivity index (χ3n) is 12.5. The summed E-state index contributed by atoms with van der Waals surface area (Å²) in [4.78, 5) is 15.8. The van der Waals surface area contributed by atoms with Gasteiger partial charge >= 0.3 is 0 Å². The minimum Gasteiger partial charge on any atom is -0.311 e. The molecule has 0 N–H and O–H groups in total. The fourth-order valence-electron chi connectivity index (χ4n) is 9.63. The van der Waals surface area contributed by atoms with Crippen LogP contribution < -0.4 is 9.80 Å². The lowest BCUT2D eigenvalue weighted by atomic mass is 9.73. The van der Waals surface area contributed by atoms with Gasteiger partial charge in [-0.1, -0.05) is 161 Å². The van der Waals surface area contributed by atoms with Crippen molar-refractivity contribution in [2.75, 3.05) is 9.80 Å². The highest BCUT2D eigenvalue weighted by atomic mass is 15.1. The third kappa shape index (κ3) is 7.37. The Hall–Kier alpha value is -7.82. The summed E-state index contributed by atoms with van der Waals surface area (Å²) in [6, 6.07) is 81.3. The lowest BCUT2D eigenvalue weighted by molar-refractivity contribution is 0.694. The fraction of sp³-hybridized carbons (Fsp3) is 0.100. The normalized spacial score (nSPS) is 16.3. The van der Waals surface area contributed by atoms with Gasteiger partial charge in [-0.05, 0) is 119 Å². The average Bonchev–Trinajstić information content (AvgIpc) is 3.68. The van der Waals surface area contributed by atoms with Crippen molar-refractivity contribution in [3.05, 3.63) is 253 Å². The summed E-state index contributed by atoms with van der Waals surface area (Å²) in [6.07, 6.45) is 0. The van der Waals surface area contributed by atoms with Crippen LogP contribution in [0.3, 0.4) is 0 Å². The Morgan fingerprint density at radius 3 is 0.781 bits per heavy atom. The predicted molar refractivity (Wildman–Crippen MR) is 271 cm³/mol. The van der Waals surface area contributed by atoms with Crippen LogP contribution in [0.1, 0.15) is 38.8 Å². The molecule has 0 aliphatic heterocycles. The molecule has 310 valence electrons. The minimum absolute atomic E-state index is 0.489. The van der Waals surface area contributed by atoms with E-state index in [1.165, 1.54) is 22.3 Å². The third-order valence-corrected chi connectivity index (χ3v) is 12.5. The fourth-order valence-corrected chi connectivity index (χ4v) is 9.63. The second kappa shape index (κ2) is 16.8. The van der Waals surface area contributed by atoms with E-state index in [9.17, 15) is 0 Å². The first-order valence-corrected chi connectivity index (χ1v) is 22.1. The number of nitrogens with zero attached hydrogens (tertiary/aromatic N) is 4. The molecule has 64 heavy (non-hydrogen) atoms. The van der Waals surface area contributed by atoms with E-state index in [0.717, 1.165) is 68.0 Å². The molecular weight excluding hydrogens is 777 g/mol. The molecule has 4 nitrogen and oxygen atoms in total. The smallest absolute Gasteiger partial charge is 0.0633 e. The summed E-state index contributed by atoms with van der Waals surface area (Å²) < 4.78 is 0. The Labute approximate surface area is 377 Å². The summed E-state index contributed by atoms with van der Waals surface area (Å²) in [5.74, 6) is 0. The molecule has 2 aliphatic rings. The van der Waals surface area contributed by atoms with Crippen molar-refractivity contribution in [1.82, 2.24) is 0 Å². The lowest BCUT2D eigenvalue weighted by Crippen LogP contribution is -2.26. The number of hydrogen-bond acceptors (Lipinski definition) is 4. The predicted octanol–water partition coefficient (Wildman–Crippen LogP) is 16.5. The number of fused-ring (bicyclic) bond motifs is 1. The van der Waals surface area contributed by atoms with E-state index in [2.05, 4.69) is 268 Å². The summed E-state index contributed by atoms with van der Waals surface area (Å²) >= 11 is 0. The zero-order valence-corrected chi connectivity index (χ0v) is 36.7. The zero-order chi connectivity index (χ0) is 43.7. The molecule has 0 heterocycles. The number of rotatable bonds is 10. The minimum atomic E-state index is -0.489. The van der Waals surface area contributed by atoms with Gasteiger partial charge in [0.1, 0.15) is 0 Å². The topological polar surface area (TPSA) is 31.2 Å². The van der Waals surface area contributed by atoms with E-state index in [-0.39, 0.29) is 0 Å².